The first-order valence-corrected chi connectivity index (χ1v) is 8.91. The lowest BCUT2D eigenvalue weighted by molar-refractivity contribution is 0.223. The molecule has 1 aromatic rings. The first-order chi connectivity index (χ1) is 10.6. The molecule has 3 rings (SSSR count). The molecule has 2 amide bonds. The van der Waals surface area contributed by atoms with E-state index in [1.165, 1.54) is 25.7 Å². The molecule has 0 heterocycles. The van der Waals surface area contributed by atoms with Crippen molar-refractivity contribution in [2.45, 2.75) is 38.6 Å². The van der Waals surface area contributed by atoms with Gasteiger partial charge in [-0.2, -0.15) is 0 Å². The minimum Gasteiger partial charge on any atom is -0.335 e. The Balaban J connectivity index is 1.47. The van der Waals surface area contributed by atoms with E-state index in [0.717, 1.165) is 21.9 Å². The molecule has 22 heavy (non-hydrogen) atoms. The fourth-order valence-electron chi connectivity index (χ4n) is 4.08. The van der Waals surface area contributed by atoms with Crippen molar-refractivity contribution in [2.75, 3.05) is 0 Å². The highest BCUT2D eigenvalue weighted by molar-refractivity contribution is 9.10. The normalized spacial score (nSPS) is 28.0. The van der Waals surface area contributed by atoms with Crippen LogP contribution < -0.4 is 10.6 Å². The standard InChI is InChI=1S/C18H23BrN2O/c1-12(16-11-13-6-7-15(16)10-13)21-18(22)20-9-8-14-4-2-3-5-17(14)19/h2-5,8-9,12-13,15-16H,6-7,10-11H2,1H3,(H2,20,21,22)/b9-8+. The van der Waals surface area contributed by atoms with Crippen molar-refractivity contribution < 1.29 is 4.79 Å². The molecule has 2 aliphatic rings. The highest BCUT2D eigenvalue weighted by Crippen LogP contribution is 2.49. The first-order valence-electron chi connectivity index (χ1n) is 8.11. The molecule has 0 aromatic heterocycles. The van der Waals surface area contributed by atoms with Crippen LogP contribution in [0.5, 0.6) is 0 Å². The van der Waals surface area contributed by atoms with Gasteiger partial charge in [-0.15, -0.1) is 0 Å². The maximum atomic E-state index is 12.0. The Morgan fingerprint density at radius 3 is 2.82 bits per heavy atom. The fourth-order valence-corrected chi connectivity index (χ4v) is 4.50. The highest BCUT2D eigenvalue weighted by Gasteiger charge is 2.42. The van der Waals surface area contributed by atoms with Crippen LogP contribution >= 0.6 is 15.9 Å². The Hall–Kier alpha value is -1.29. The molecular weight excluding hydrogens is 340 g/mol. The number of fused-ring (bicyclic) bond motifs is 2. The first kappa shape index (κ1) is 15.6. The summed E-state index contributed by atoms with van der Waals surface area (Å²) in [4.78, 5) is 12.0. The molecule has 4 atom stereocenters. The predicted molar refractivity (Wildman–Crippen MR) is 93.2 cm³/mol. The largest absolute Gasteiger partial charge is 0.335 e. The molecule has 0 saturated heterocycles. The van der Waals surface area contributed by atoms with Crippen molar-refractivity contribution >= 4 is 28.0 Å². The lowest BCUT2D eigenvalue weighted by Gasteiger charge is -2.28. The van der Waals surface area contributed by atoms with Gasteiger partial charge < -0.3 is 10.6 Å². The van der Waals surface area contributed by atoms with Crippen LogP contribution in [0, 0.1) is 17.8 Å². The molecule has 2 aliphatic carbocycles. The Labute approximate surface area is 140 Å². The summed E-state index contributed by atoms with van der Waals surface area (Å²) >= 11 is 3.49. The lowest BCUT2D eigenvalue weighted by atomic mass is 9.84. The number of benzene rings is 1. The fraction of sp³-hybridized carbons (Fsp3) is 0.500. The molecule has 1 aromatic carbocycles. The van der Waals surface area contributed by atoms with Gasteiger partial charge >= 0.3 is 6.03 Å². The molecule has 2 N–H and O–H groups in total. The van der Waals surface area contributed by atoms with Crippen molar-refractivity contribution in [3.8, 4) is 0 Å². The quantitative estimate of drug-likeness (QED) is 0.810. The summed E-state index contributed by atoms with van der Waals surface area (Å²) in [6, 6.07) is 8.07. The van der Waals surface area contributed by atoms with Crippen LogP contribution in [0.2, 0.25) is 0 Å². The monoisotopic (exact) mass is 362 g/mol. The Morgan fingerprint density at radius 2 is 2.14 bits per heavy atom. The van der Waals surface area contributed by atoms with E-state index < -0.39 is 0 Å². The molecular formula is C18H23BrN2O. The highest BCUT2D eigenvalue weighted by atomic mass is 79.9. The number of rotatable bonds is 4. The summed E-state index contributed by atoms with van der Waals surface area (Å²) in [5.41, 5.74) is 1.05. The predicted octanol–water partition coefficient (Wildman–Crippen LogP) is 4.54. The molecule has 4 unspecified atom stereocenters. The van der Waals surface area contributed by atoms with Crippen molar-refractivity contribution in [3.05, 3.63) is 40.5 Å². The van der Waals surface area contributed by atoms with Crippen LogP contribution in [0.3, 0.4) is 0 Å². The molecule has 0 aliphatic heterocycles. The zero-order chi connectivity index (χ0) is 15.5. The molecule has 4 heteroatoms. The van der Waals surface area contributed by atoms with Crippen LogP contribution in [0.1, 0.15) is 38.2 Å². The van der Waals surface area contributed by atoms with Crippen molar-refractivity contribution in [1.29, 1.82) is 0 Å². The summed E-state index contributed by atoms with van der Waals surface area (Å²) in [6.07, 6.45) is 9.01. The molecule has 2 bridgehead atoms. The van der Waals surface area contributed by atoms with Gasteiger partial charge in [-0.05, 0) is 61.6 Å². The van der Waals surface area contributed by atoms with E-state index in [9.17, 15) is 4.79 Å². The minimum atomic E-state index is -0.112. The second-order valence-electron chi connectivity index (χ2n) is 6.60. The van der Waals surface area contributed by atoms with Gasteiger partial charge in [0.05, 0.1) is 0 Å². The van der Waals surface area contributed by atoms with E-state index in [4.69, 9.17) is 0 Å². The third-order valence-electron chi connectivity index (χ3n) is 5.18. The molecule has 0 radical (unpaired) electrons. The number of amides is 2. The Morgan fingerprint density at radius 1 is 1.32 bits per heavy atom. The van der Waals surface area contributed by atoms with Crippen LogP contribution in [0.4, 0.5) is 4.79 Å². The van der Waals surface area contributed by atoms with E-state index in [0.29, 0.717) is 5.92 Å². The second-order valence-corrected chi connectivity index (χ2v) is 7.45. The lowest BCUT2D eigenvalue weighted by Crippen LogP contribution is -2.43. The van der Waals surface area contributed by atoms with E-state index in [-0.39, 0.29) is 12.1 Å². The van der Waals surface area contributed by atoms with E-state index in [1.54, 1.807) is 6.20 Å². The van der Waals surface area contributed by atoms with Crippen molar-refractivity contribution in [3.63, 3.8) is 0 Å². The van der Waals surface area contributed by atoms with E-state index in [1.807, 2.05) is 30.3 Å². The average Bonchev–Trinajstić information content (AvgIpc) is 3.12. The number of nitrogens with one attached hydrogen (secondary N) is 2. The smallest absolute Gasteiger partial charge is 0.318 e. The topological polar surface area (TPSA) is 41.1 Å². The van der Waals surface area contributed by atoms with Gasteiger partial charge in [-0.3, -0.25) is 0 Å². The van der Waals surface area contributed by atoms with Crippen LogP contribution in [-0.2, 0) is 0 Å². The molecule has 3 nitrogen and oxygen atoms in total. The number of hydrogen-bond acceptors (Lipinski definition) is 1. The van der Waals surface area contributed by atoms with Crippen LogP contribution in [-0.4, -0.2) is 12.1 Å². The van der Waals surface area contributed by atoms with Gasteiger partial charge in [-0.25, -0.2) is 4.79 Å². The molecule has 118 valence electrons. The summed E-state index contributed by atoms with van der Waals surface area (Å²) < 4.78 is 1.02. The van der Waals surface area contributed by atoms with Crippen LogP contribution in [0.25, 0.3) is 6.08 Å². The van der Waals surface area contributed by atoms with E-state index in [2.05, 4.69) is 33.5 Å². The Bertz CT molecular complexity index is 572. The zero-order valence-electron chi connectivity index (χ0n) is 12.9. The number of halogens is 1. The summed E-state index contributed by atoms with van der Waals surface area (Å²) in [7, 11) is 0. The number of urea groups is 1. The maximum absolute atomic E-state index is 12.0. The number of hydrogen-bond donors (Lipinski definition) is 2. The third-order valence-corrected chi connectivity index (χ3v) is 5.90. The molecule has 2 saturated carbocycles. The van der Waals surface area contributed by atoms with E-state index >= 15 is 0 Å². The Kier molecular flexibility index (Phi) is 4.87. The van der Waals surface area contributed by atoms with Gasteiger partial charge in [0.15, 0.2) is 0 Å². The van der Waals surface area contributed by atoms with Gasteiger partial charge in [0.25, 0.3) is 0 Å². The van der Waals surface area contributed by atoms with Gasteiger partial charge in [0.1, 0.15) is 0 Å². The zero-order valence-corrected chi connectivity index (χ0v) is 14.5. The van der Waals surface area contributed by atoms with Crippen molar-refractivity contribution in [2.24, 2.45) is 17.8 Å². The summed E-state index contributed by atoms with van der Waals surface area (Å²) in [5, 5.41) is 5.90. The maximum Gasteiger partial charge on any atom is 0.318 e. The number of carbonyl (C=O) groups excluding carboxylic acids is 1. The van der Waals surface area contributed by atoms with Gasteiger partial charge in [0.2, 0.25) is 0 Å². The van der Waals surface area contributed by atoms with Crippen molar-refractivity contribution in [1.82, 2.24) is 10.6 Å². The minimum absolute atomic E-state index is 0.112. The molecule has 0 spiro atoms. The average molecular weight is 363 g/mol. The van der Waals surface area contributed by atoms with Gasteiger partial charge in [-0.1, -0.05) is 40.5 Å². The summed E-state index contributed by atoms with van der Waals surface area (Å²) in [5.74, 6) is 2.41. The van der Waals surface area contributed by atoms with Gasteiger partial charge in [0, 0.05) is 16.7 Å². The summed E-state index contributed by atoms with van der Waals surface area (Å²) in [6.45, 7) is 2.14. The van der Waals surface area contributed by atoms with Crippen LogP contribution in [0.15, 0.2) is 34.9 Å². The molecule has 2 fully saturated rings. The second kappa shape index (κ2) is 6.86. The number of carbonyl (C=O) groups is 1. The SMILES string of the molecule is CC(NC(=O)N/C=C/c1ccccc1Br)C1CC2CCC1C2. The third kappa shape index (κ3) is 3.54.